The van der Waals surface area contributed by atoms with Crippen molar-refractivity contribution in [3.63, 3.8) is 0 Å². The van der Waals surface area contributed by atoms with Crippen molar-refractivity contribution >= 4 is 28.6 Å². The number of hydrogen-bond donors (Lipinski definition) is 0. The van der Waals surface area contributed by atoms with Crippen molar-refractivity contribution in [3.8, 4) is 23.0 Å². The zero-order valence-corrected chi connectivity index (χ0v) is 24.8. The number of fused-ring (bicyclic) bond motifs is 1. The highest BCUT2D eigenvalue weighted by Gasteiger charge is 2.54. The predicted molar refractivity (Wildman–Crippen MR) is 163 cm³/mol. The van der Waals surface area contributed by atoms with E-state index < -0.39 is 11.5 Å². The molecule has 1 aromatic heterocycles. The third-order valence-corrected chi connectivity index (χ3v) is 8.27. The van der Waals surface area contributed by atoms with Gasteiger partial charge in [0.05, 0.1) is 31.3 Å². The van der Waals surface area contributed by atoms with E-state index in [0.29, 0.717) is 67.3 Å². The maximum absolute atomic E-state index is 13.2. The van der Waals surface area contributed by atoms with Crippen LogP contribution in [0.5, 0.6) is 23.0 Å². The number of hydrogen-bond acceptors (Lipinski definition) is 8. The number of amides is 1. The molecule has 3 aromatic carbocycles. The quantitative estimate of drug-likeness (QED) is 0.210. The van der Waals surface area contributed by atoms with E-state index in [1.54, 1.807) is 41.4 Å². The fourth-order valence-corrected chi connectivity index (χ4v) is 5.42. The number of rotatable bonds is 10. The Hall–Kier alpha value is -4.76. The molecule has 1 aliphatic carbocycles. The summed E-state index contributed by atoms with van der Waals surface area (Å²) < 4.78 is 22.7. The monoisotopic (exact) mass is 594 g/mol. The molecule has 4 aromatic rings. The summed E-state index contributed by atoms with van der Waals surface area (Å²) in [5, 5.41) is 0.678. The molecule has 9 heteroatoms. The first-order valence-electron chi connectivity index (χ1n) is 14.7. The normalized spacial score (nSPS) is 15.5. The molecular formula is C35H34N2O7. The van der Waals surface area contributed by atoms with E-state index in [2.05, 4.69) is 4.98 Å². The molecule has 0 unspecified atom stereocenters. The van der Waals surface area contributed by atoms with E-state index in [1.165, 1.54) is 7.11 Å². The lowest BCUT2D eigenvalue weighted by atomic mass is 9.88. The fourth-order valence-electron chi connectivity index (χ4n) is 5.42. The van der Waals surface area contributed by atoms with Crippen LogP contribution in [0.4, 0.5) is 4.79 Å². The first-order chi connectivity index (χ1) is 21.3. The lowest BCUT2D eigenvalue weighted by Gasteiger charge is -2.26. The summed E-state index contributed by atoms with van der Waals surface area (Å²) in [7, 11) is 1.51. The molecule has 2 heterocycles. The fraction of sp³-hybridized carbons (Fsp3) is 0.314. The Kier molecular flexibility index (Phi) is 8.30. The third-order valence-electron chi connectivity index (χ3n) is 8.27. The molecule has 0 radical (unpaired) electrons. The molecule has 44 heavy (non-hydrogen) atoms. The highest BCUT2D eigenvalue weighted by atomic mass is 16.6. The Morgan fingerprint density at radius 1 is 0.841 bits per heavy atom. The second-order valence-electron chi connectivity index (χ2n) is 11.3. The van der Waals surface area contributed by atoms with E-state index >= 15 is 0 Å². The van der Waals surface area contributed by atoms with Crippen molar-refractivity contribution in [2.45, 2.75) is 32.6 Å². The van der Waals surface area contributed by atoms with Crippen LogP contribution in [-0.4, -0.2) is 61.0 Å². The minimum absolute atomic E-state index is 0.00492. The number of aromatic nitrogens is 1. The number of nitrogens with zero attached hydrogens (tertiary/aromatic N) is 2. The Balaban J connectivity index is 1.12. The van der Waals surface area contributed by atoms with Gasteiger partial charge in [0.25, 0.3) is 0 Å². The summed E-state index contributed by atoms with van der Waals surface area (Å²) in [5.74, 6) is 1.73. The molecule has 0 atom stereocenters. The van der Waals surface area contributed by atoms with Gasteiger partial charge in [-0.3, -0.25) is 14.6 Å². The van der Waals surface area contributed by atoms with Gasteiger partial charge >= 0.3 is 6.09 Å². The van der Waals surface area contributed by atoms with Crippen LogP contribution in [-0.2, 0) is 27.2 Å². The maximum Gasteiger partial charge on any atom is 0.415 e. The third kappa shape index (κ3) is 6.28. The molecule has 6 rings (SSSR count). The molecule has 0 N–H and O–H groups in total. The molecule has 1 saturated carbocycles. The SMILES string of the molecule is COc1cc2c(Oc3ccc(CC(=O)C4(C(=O)Cc5ccc(C)cc5)CC4)cc3)ccnc2cc1OC(=O)N1CCOCC1. The molecule has 9 nitrogen and oxygen atoms in total. The summed E-state index contributed by atoms with van der Waals surface area (Å²) in [5.41, 5.74) is 2.61. The highest BCUT2D eigenvalue weighted by Crippen LogP contribution is 2.49. The van der Waals surface area contributed by atoms with Gasteiger partial charge in [-0.2, -0.15) is 0 Å². The van der Waals surface area contributed by atoms with Crippen molar-refractivity contribution in [3.05, 3.63) is 89.6 Å². The molecule has 2 aliphatic rings. The Labute approximate surface area is 255 Å². The number of ketones is 2. The largest absolute Gasteiger partial charge is 0.493 e. The number of carbonyl (C=O) groups is 3. The topological polar surface area (TPSA) is 104 Å². The van der Waals surface area contributed by atoms with Crippen molar-refractivity contribution in [2.24, 2.45) is 5.41 Å². The van der Waals surface area contributed by atoms with Gasteiger partial charge in [-0.15, -0.1) is 0 Å². The van der Waals surface area contributed by atoms with E-state index in [4.69, 9.17) is 18.9 Å². The summed E-state index contributed by atoms with van der Waals surface area (Å²) >= 11 is 0. The van der Waals surface area contributed by atoms with Crippen molar-refractivity contribution < 1.29 is 33.3 Å². The standard InChI is InChI=1S/C35H34N2O7/c1-23-3-5-24(6-4-23)19-32(38)35(12-13-35)33(39)20-25-7-9-26(10-8-25)43-29-11-14-36-28-22-31(30(41-2)21-27(28)29)44-34(40)37-15-17-42-18-16-37/h3-11,14,21-22H,12-13,15-20H2,1-2H3. The van der Waals surface area contributed by atoms with E-state index in [1.807, 2.05) is 43.3 Å². The molecule has 0 spiro atoms. The van der Waals surface area contributed by atoms with E-state index in [-0.39, 0.29) is 30.2 Å². The zero-order chi connectivity index (χ0) is 30.7. The zero-order valence-electron chi connectivity index (χ0n) is 24.8. The van der Waals surface area contributed by atoms with E-state index in [0.717, 1.165) is 16.7 Å². The number of carbonyl (C=O) groups excluding carboxylic acids is 3. The van der Waals surface area contributed by atoms with Crippen LogP contribution < -0.4 is 14.2 Å². The number of benzene rings is 3. The molecule has 1 saturated heterocycles. The smallest absolute Gasteiger partial charge is 0.415 e. The van der Waals surface area contributed by atoms with Gasteiger partial charge in [0.1, 0.15) is 11.5 Å². The highest BCUT2D eigenvalue weighted by molar-refractivity contribution is 6.11. The molecule has 1 amide bonds. The molecule has 0 bridgehead atoms. The molecule has 2 fully saturated rings. The number of aryl methyl sites for hydroxylation is 1. The number of morpholine rings is 1. The summed E-state index contributed by atoms with van der Waals surface area (Å²) in [4.78, 5) is 45.0. The van der Waals surface area contributed by atoms with Gasteiger partial charge in [-0.25, -0.2) is 4.79 Å². The van der Waals surface area contributed by atoms with Gasteiger partial charge in [-0.1, -0.05) is 42.0 Å². The van der Waals surface area contributed by atoms with Crippen LogP contribution in [0.25, 0.3) is 10.9 Å². The van der Waals surface area contributed by atoms with Crippen molar-refractivity contribution in [1.82, 2.24) is 9.88 Å². The van der Waals surface area contributed by atoms with Crippen LogP contribution in [0.3, 0.4) is 0 Å². The first-order valence-corrected chi connectivity index (χ1v) is 14.7. The first kappa shape index (κ1) is 29.3. The predicted octanol–water partition coefficient (Wildman–Crippen LogP) is 5.88. The summed E-state index contributed by atoms with van der Waals surface area (Å²) in [6, 6.07) is 20.3. The Morgan fingerprint density at radius 2 is 1.48 bits per heavy atom. The van der Waals surface area contributed by atoms with Crippen LogP contribution in [0.1, 0.15) is 29.5 Å². The molecule has 1 aliphatic heterocycles. The van der Waals surface area contributed by atoms with Crippen LogP contribution >= 0.6 is 0 Å². The molecular weight excluding hydrogens is 560 g/mol. The number of methoxy groups -OCH3 is 1. The van der Waals surface area contributed by atoms with Crippen LogP contribution in [0, 0.1) is 12.3 Å². The number of Topliss-reactive ketones (excluding diaryl/α,β-unsaturated/α-hetero) is 2. The van der Waals surface area contributed by atoms with Crippen molar-refractivity contribution in [2.75, 3.05) is 33.4 Å². The Bertz CT molecular complexity index is 1690. The van der Waals surface area contributed by atoms with Crippen LogP contribution in [0.15, 0.2) is 72.9 Å². The minimum atomic E-state index is -0.857. The maximum atomic E-state index is 13.2. The second-order valence-corrected chi connectivity index (χ2v) is 11.3. The van der Waals surface area contributed by atoms with E-state index in [9.17, 15) is 14.4 Å². The lowest BCUT2D eigenvalue weighted by molar-refractivity contribution is -0.133. The summed E-state index contributed by atoms with van der Waals surface area (Å²) in [6.45, 7) is 3.88. The average molecular weight is 595 g/mol. The van der Waals surface area contributed by atoms with Gasteiger partial charge in [0.15, 0.2) is 23.1 Å². The number of ether oxygens (including phenoxy) is 4. The van der Waals surface area contributed by atoms with Crippen molar-refractivity contribution in [1.29, 1.82) is 0 Å². The van der Waals surface area contributed by atoms with Gasteiger partial charge in [-0.05, 0) is 55.2 Å². The minimum Gasteiger partial charge on any atom is -0.493 e. The van der Waals surface area contributed by atoms with Crippen LogP contribution in [0.2, 0.25) is 0 Å². The number of pyridine rings is 1. The van der Waals surface area contributed by atoms with Gasteiger partial charge in [0, 0.05) is 43.6 Å². The summed E-state index contributed by atoms with van der Waals surface area (Å²) in [6.07, 6.45) is 2.85. The second kappa shape index (κ2) is 12.5. The Morgan fingerprint density at radius 3 is 2.09 bits per heavy atom. The van der Waals surface area contributed by atoms with Gasteiger partial charge in [0.2, 0.25) is 0 Å². The average Bonchev–Trinajstić information content (AvgIpc) is 3.86. The lowest BCUT2D eigenvalue weighted by Crippen LogP contribution is -2.42. The molecule has 226 valence electrons. The van der Waals surface area contributed by atoms with Gasteiger partial charge < -0.3 is 23.8 Å².